The molecule has 0 radical (unpaired) electrons. The number of nitriles is 1. The molecule has 0 atom stereocenters. The number of hydrogen-bond acceptors (Lipinski definition) is 3. The van der Waals surface area contributed by atoms with Gasteiger partial charge >= 0.3 is 6.03 Å². The summed E-state index contributed by atoms with van der Waals surface area (Å²) in [7, 11) is 0. The molecule has 1 saturated heterocycles. The van der Waals surface area contributed by atoms with Crippen molar-refractivity contribution in [2.75, 3.05) is 18.1 Å². The Morgan fingerprint density at radius 2 is 2.00 bits per heavy atom. The van der Waals surface area contributed by atoms with Gasteiger partial charge in [-0.3, -0.25) is 9.18 Å². The zero-order chi connectivity index (χ0) is 18.2. The molecule has 5 nitrogen and oxygen atoms in total. The molecule has 25 heavy (non-hydrogen) atoms. The van der Waals surface area contributed by atoms with Crippen molar-refractivity contribution in [3.8, 4) is 6.07 Å². The molecular weight excluding hydrogens is 345 g/mol. The predicted molar refractivity (Wildman–Crippen MR) is 92.3 cm³/mol. The highest BCUT2D eigenvalue weighted by Gasteiger charge is 2.58. The van der Waals surface area contributed by atoms with Crippen LogP contribution >= 0.6 is 11.6 Å². The Bertz CT molecular complexity index is 768. The number of hydrogen-bond donors (Lipinski definition) is 0. The lowest BCUT2D eigenvalue weighted by atomic mass is 9.95. The maximum absolute atomic E-state index is 13.2. The number of carbonyl (C=O) groups excluding carboxylic acids is 2. The van der Waals surface area contributed by atoms with E-state index >= 15 is 0 Å². The van der Waals surface area contributed by atoms with Crippen molar-refractivity contribution < 1.29 is 14.0 Å². The third-order valence-corrected chi connectivity index (χ3v) is 5.69. The molecule has 0 unspecified atom stereocenters. The molecular formula is C18H19ClFN3O2. The minimum atomic E-state index is -0.862. The number of alkyl halides is 1. The highest BCUT2D eigenvalue weighted by Crippen LogP contribution is 2.44. The Labute approximate surface area is 151 Å². The number of benzene rings is 1. The first-order valence-corrected chi connectivity index (χ1v) is 8.77. The van der Waals surface area contributed by atoms with Crippen LogP contribution in [0.2, 0.25) is 5.02 Å². The van der Waals surface area contributed by atoms with Gasteiger partial charge < -0.3 is 4.90 Å². The Kier molecular flexibility index (Phi) is 4.70. The van der Waals surface area contributed by atoms with Gasteiger partial charge in [0, 0.05) is 6.54 Å². The summed E-state index contributed by atoms with van der Waals surface area (Å²) in [6, 6.07) is 4.65. The van der Waals surface area contributed by atoms with Crippen LogP contribution in [0.5, 0.6) is 0 Å². The number of anilines is 1. The van der Waals surface area contributed by atoms with Crippen LogP contribution in [-0.2, 0) is 4.79 Å². The molecule has 1 saturated carbocycles. The van der Waals surface area contributed by atoms with Gasteiger partial charge in [-0.2, -0.15) is 5.26 Å². The van der Waals surface area contributed by atoms with Crippen LogP contribution in [0.4, 0.5) is 14.9 Å². The van der Waals surface area contributed by atoms with Crippen molar-refractivity contribution in [3.05, 3.63) is 28.3 Å². The lowest BCUT2D eigenvalue weighted by molar-refractivity contribution is -0.124. The molecule has 0 N–H and O–H groups in total. The molecule has 1 aromatic carbocycles. The fourth-order valence-electron chi connectivity index (χ4n) is 3.90. The van der Waals surface area contributed by atoms with Crippen molar-refractivity contribution in [2.24, 2.45) is 0 Å². The van der Waals surface area contributed by atoms with E-state index in [9.17, 15) is 14.0 Å². The summed E-state index contributed by atoms with van der Waals surface area (Å²) in [6.07, 6.45) is 3.15. The Morgan fingerprint density at radius 1 is 1.32 bits per heavy atom. The SMILES string of the molecule is Cc1c(N2C(=O)N(CCCF)C3(CCCC3)C2=O)ccc(C#N)c1Cl. The van der Waals surface area contributed by atoms with Crippen molar-refractivity contribution in [1.82, 2.24) is 4.90 Å². The van der Waals surface area contributed by atoms with Crippen LogP contribution in [0.3, 0.4) is 0 Å². The molecule has 1 aliphatic carbocycles. The van der Waals surface area contributed by atoms with Gasteiger partial charge in [0.05, 0.1) is 22.9 Å². The Balaban J connectivity index is 2.06. The van der Waals surface area contributed by atoms with Crippen LogP contribution in [0.1, 0.15) is 43.2 Å². The number of urea groups is 1. The normalized spacial score (nSPS) is 19.1. The maximum atomic E-state index is 13.2. The molecule has 7 heteroatoms. The van der Waals surface area contributed by atoms with Crippen LogP contribution in [0, 0.1) is 18.3 Å². The first-order chi connectivity index (χ1) is 12.0. The summed E-state index contributed by atoms with van der Waals surface area (Å²) in [4.78, 5) is 28.9. The topological polar surface area (TPSA) is 64.4 Å². The lowest BCUT2D eigenvalue weighted by Gasteiger charge is -2.30. The predicted octanol–water partition coefficient (Wildman–Crippen LogP) is 3.96. The third kappa shape index (κ3) is 2.58. The summed E-state index contributed by atoms with van der Waals surface area (Å²) >= 11 is 6.21. The molecule has 3 rings (SSSR count). The van der Waals surface area contributed by atoms with Crippen molar-refractivity contribution in [2.45, 2.75) is 44.6 Å². The molecule has 1 aromatic rings. The summed E-state index contributed by atoms with van der Waals surface area (Å²) < 4.78 is 12.7. The standard InChI is InChI=1S/C18H19ClFN3O2/c1-12-14(6-5-13(11-21)15(12)19)23-16(24)18(7-2-3-8-18)22(17(23)25)10-4-9-20/h5-6H,2-4,7-10H2,1H3. The summed E-state index contributed by atoms with van der Waals surface area (Å²) in [5, 5.41) is 9.32. The van der Waals surface area contributed by atoms with E-state index in [1.165, 1.54) is 11.0 Å². The fourth-order valence-corrected chi connectivity index (χ4v) is 4.10. The second kappa shape index (κ2) is 6.64. The highest BCUT2D eigenvalue weighted by molar-refractivity contribution is 6.33. The average molecular weight is 364 g/mol. The van der Waals surface area contributed by atoms with Gasteiger partial charge in [0.2, 0.25) is 0 Å². The highest BCUT2D eigenvalue weighted by atomic mass is 35.5. The molecule has 2 fully saturated rings. The maximum Gasteiger partial charge on any atom is 0.332 e. The van der Waals surface area contributed by atoms with Gasteiger partial charge in [-0.1, -0.05) is 24.4 Å². The molecule has 132 valence electrons. The molecule has 2 aliphatic rings. The van der Waals surface area contributed by atoms with Crippen molar-refractivity contribution >= 4 is 29.2 Å². The first kappa shape index (κ1) is 17.7. The molecule has 0 aromatic heterocycles. The second-order valence-corrected chi connectivity index (χ2v) is 6.92. The zero-order valence-electron chi connectivity index (χ0n) is 14.0. The largest absolute Gasteiger partial charge is 0.332 e. The van der Waals surface area contributed by atoms with Crippen LogP contribution in [-0.4, -0.2) is 35.6 Å². The Hall–Kier alpha value is -2.13. The zero-order valence-corrected chi connectivity index (χ0v) is 14.8. The van der Waals surface area contributed by atoms with Crippen molar-refractivity contribution in [1.29, 1.82) is 5.26 Å². The number of nitrogens with zero attached hydrogens (tertiary/aromatic N) is 3. The van der Waals surface area contributed by atoms with E-state index in [2.05, 4.69) is 0 Å². The summed E-state index contributed by atoms with van der Waals surface area (Å²) in [5.41, 5.74) is 0.349. The van der Waals surface area contributed by atoms with Gasteiger partial charge in [0.15, 0.2) is 0 Å². The van der Waals surface area contributed by atoms with Gasteiger partial charge in [-0.05, 0) is 43.9 Å². The first-order valence-electron chi connectivity index (χ1n) is 8.39. The van der Waals surface area contributed by atoms with E-state index < -0.39 is 18.2 Å². The minimum Gasteiger partial charge on any atom is -0.309 e. The number of imide groups is 1. The number of carbonyl (C=O) groups is 2. The van der Waals surface area contributed by atoms with E-state index in [1.807, 2.05) is 6.07 Å². The monoisotopic (exact) mass is 363 g/mol. The molecule has 3 amide bonds. The second-order valence-electron chi connectivity index (χ2n) is 6.54. The average Bonchev–Trinajstić information content (AvgIpc) is 3.16. The van der Waals surface area contributed by atoms with Gasteiger partial charge in [-0.15, -0.1) is 0 Å². The third-order valence-electron chi connectivity index (χ3n) is 5.21. The lowest BCUT2D eigenvalue weighted by Crippen LogP contribution is -2.47. The van der Waals surface area contributed by atoms with E-state index in [0.29, 0.717) is 29.7 Å². The van der Waals surface area contributed by atoms with Crippen LogP contribution in [0.15, 0.2) is 12.1 Å². The van der Waals surface area contributed by atoms with E-state index in [4.69, 9.17) is 16.9 Å². The quantitative estimate of drug-likeness (QED) is 0.760. The van der Waals surface area contributed by atoms with Gasteiger partial charge in [-0.25, -0.2) is 9.69 Å². The van der Waals surface area contributed by atoms with E-state index in [0.717, 1.165) is 17.7 Å². The van der Waals surface area contributed by atoms with E-state index in [-0.39, 0.29) is 23.9 Å². The smallest absolute Gasteiger partial charge is 0.309 e. The van der Waals surface area contributed by atoms with Crippen molar-refractivity contribution in [3.63, 3.8) is 0 Å². The van der Waals surface area contributed by atoms with Crippen LogP contribution in [0.25, 0.3) is 0 Å². The molecule has 1 aliphatic heterocycles. The molecule has 1 heterocycles. The molecule has 0 bridgehead atoms. The summed E-state index contributed by atoms with van der Waals surface area (Å²) in [5.74, 6) is -0.266. The van der Waals surface area contributed by atoms with Gasteiger partial charge in [0.1, 0.15) is 11.6 Å². The minimum absolute atomic E-state index is 0.210. The summed E-state index contributed by atoms with van der Waals surface area (Å²) in [6.45, 7) is 1.38. The van der Waals surface area contributed by atoms with E-state index in [1.54, 1.807) is 13.0 Å². The van der Waals surface area contributed by atoms with Crippen LogP contribution < -0.4 is 4.90 Å². The van der Waals surface area contributed by atoms with Gasteiger partial charge in [0.25, 0.3) is 5.91 Å². The number of halogens is 2. The Morgan fingerprint density at radius 3 is 2.60 bits per heavy atom. The fraction of sp³-hybridized carbons (Fsp3) is 0.500. The number of rotatable bonds is 4. The molecule has 1 spiro atoms. The number of amides is 3.